The molecular formula is C24H32N4O5S2. The lowest BCUT2D eigenvalue weighted by Crippen LogP contribution is -2.41. The molecule has 0 unspecified atom stereocenters. The smallest absolute Gasteiger partial charge is 0.273 e. The zero-order valence-corrected chi connectivity index (χ0v) is 22.2. The molecule has 35 heavy (non-hydrogen) atoms. The van der Waals surface area contributed by atoms with Gasteiger partial charge in [-0.05, 0) is 37.8 Å². The van der Waals surface area contributed by atoms with Crippen molar-refractivity contribution < 1.29 is 23.9 Å². The molecule has 1 aliphatic heterocycles. The van der Waals surface area contributed by atoms with Crippen LogP contribution in [0.2, 0.25) is 0 Å². The minimum Gasteiger partial charge on any atom is -0.497 e. The number of hydrogen-bond acceptors (Lipinski definition) is 8. The predicted octanol–water partition coefficient (Wildman–Crippen LogP) is 2.61. The molecule has 0 bridgehead atoms. The first-order valence-electron chi connectivity index (χ1n) is 11.5. The Morgan fingerprint density at radius 3 is 2.51 bits per heavy atom. The number of thioether (sulfide) groups is 1. The van der Waals surface area contributed by atoms with E-state index in [2.05, 4.69) is 4.98 Å². The van der Waals surface area contributed by atoms with E-state index in [1.54, 1.807) is 22.3 Å². The van der Waals surface area contributed by atoms with Crippen LogP contribution in [0.4, 0.5) is 0 Å². The number of ether oxygens (including phenoxy) is 2. The van der Waals surface area contributed by atoms with Crippen LogP contribution in [0.15, 0.2) is 34.0 Å². The maximum Gasteiger partial charge on any atom is 0.273 e. The van der Waals surface area contributed by atoms with Gasteiger partial charge in [0, 0.05) is 38.1 Å². The van der Waals surface area contributed by atoms with Gasteiger partial charge in [-0.3, -0.25) is 14.4 Å². The predicted molar refractivity (Wildman–Crippen MR) is 136 cm³/mol. The summed E-state index contributed by atoms with van der Waals surface area (Å²) in [7, 11) is 1.60. The highest BCUT2D eigenvalue weighted by Crippen LogP contribution is 2.22. The summed E-state index contributed by atoms with van der Waals surface area (Å²) in [4.78, 5) is 48.1. The number of aromatic nitrogens is 1. The highest BCUT2D eigenvalue weighted by Gasteiger charge is 2.32. The van der Waals surface area contributed by atoms with Gasteiger partial charge < -0.3 is 24.2 Å². The van der Waals surface area contributed by atoms with E-state index in [9.17, 15) is 14.4 Å². The van der Waals surface area contributed by atoms with Crippen molar-refractivity contribution in [2.45, 2.75) is 30.8 Å². The minimum absolute atomic E-state index is 0.0784. The molecule has 9 nitrogen and oxygen atoms in total. The summed E-state index contributed by atoms with van der Waals surface area (Å²) in [5.41, 5.74) is 1.25. The molecule has 0 aliphatic carbocycles. The number of thiazole rings is 1. The van der Waals surface area contributed by atoms with Crippen LogP contribution in [0.25, 0.3) is 0 Å². The second-order valence-corrected chi connectivity index (χ2v) is 9.92. The van der Waals surface area contributed by atoms with Crippen LogP contribution in [0.5, 0.6) is 5.75 Å². The Hall–Kier alpha value is -2.63. The minimum atomic E-state index is -0.512. The average Bonchev–Trinajstić information content (AvgIpc) is 3.30. The normalized spacial score (nSPS) is 16.2. The number of nitrogens with zero attached hydrogens (tertiary/aromatic N) is 4. The second kappa shape index (κ2) is 12.9. The van der Waals surface area contributed by atoms with Crippen LogP contribution in [0.3, 0.4) is 0 Å². The second-order valence-electron chi connectivity index (χ2n) is 8.01. The highest BCUT2D eigenvalue weighted by atomic mass is 32.2. The van der Waals surface area contributed by atoms with Gasteiger partial charge >= 0.3 is 0 Å². The Morgan fingerprint density at radius 1 is 1.20 bits per heavy atom. The van der Waals surface area contributed by atoms with Crippen molar-refractivity contribution in [3.05, 3.63) is 40.9 Å². The lowest BCUT2D eigenvalue weighted by Gasteiger charge is -2.26. The number of amides is 3. The Labute approximate surface area is 214 Å². The van der Waals surface area contributed by atoms with Gasteiger partial charge in [-0.25, -0.2) is 4.98 Å². The molecule has 3 amide bonds. The zero-order chi connectivity index (χ0) is 25.4. The molecule has 1 fully saturated rings. The van der Waals surface area contributed by atoms with Crippen molar-refractivity contribution in [1.29, 1.82) is 0 Å². The van der Waals surface area contributed by atoms with E-state index in [1.807, 2.05) is 44.4 Å². The first-order valence-corrected chi connectivity index (χ1v) is 13.6. The first-order chi connectivity index (χ1) is 16.9. The average molecular weight is 521 g/mol. The molecule has 1 atom stereocenters. The fraction of sp³-hybridized carbons (Fsp3) is 0.500. The monoisotopic (exact) mass is 520 g/mol. The quantitative estimate of drug-likeness (QED) is 0.445. The van der Waals surface area contributed by atoms with Crippen LogP contribution < -0.4 is 4.74 Å². The molecule has 1 aromatic heterocycles. The summed E-state index contributed by atoms with van der Waals surface area (Å²) >= 11 is 2.86. The van der Waals surface area contributed by atoms with Crippen LogP contribution in [-0.2, 0) is 20.9 Å². The number of benzene rings is 1. The van der Waals surface area contributed by atoms with E-state index in [0.29, 0.717) is 25.3 Å². The van der Waals surface area contributed by atoms with Crippen LogP contribution in [-0.4, -0.2) is 96.2 Å². The summed E-state index contributed by atoms with van der Waals surface area (Å²) in [6, 6.07) is 7.49. The standard InChI is InChI=1S/C24H32N4O5S2/c1-5-26(6-2)22(30)15-33-19-12-27(11-17-7-9-18(32-3)10-8-17)21(29)14-28(13-19)23(31)20-16-35-24(25-20)34-4/h7-10,16,19H,5-6,11-15H2,1-4H3/t19-/m1/s1. The van der Waals surface area contributed by atoms with Gasteiger partial charge in [0.1, 0.15) is 28.9 Å². The first kappa shape index (κ1) is 27.0. The third-order valence-electron chi connectivity index (χ3n) is 5.78. The summed E-state index contributed by atoms with van der Waals surface area (Å²) in [6.45, 7) is 5.67. The molecule has 2 aromatic rings. The fourth-order valence-corrected chi connectivity index (χ4v) is 5.05. The van der Waals surface area contributed by atoms with Crippen LogP contribution in [0.1, 0.15) is 29.9 Å². The number of hydrogen-bond donors (Lipinski definition) is 0. The Morgan fingerprint density at radius 2 is 1.91 bits per heavy atom. The van der Waals surface area contributed by atoms with Gasteiger partial charge in [0.2, 0.25) is 11.8 Å². The molecular weight excluding hydrogens is 488 g/mol. The molecule has 0 saturated carbocycles. The summed E-state index contributed by atoms with van der Waals surface area (Å²) in [5.74, 6) is 0.117. The Bertz CT molecular complexity index is 1010. The maximum atomic E-state index is 13.2. The van der Waals surface area contributed by atoms with Crippen LogP contribution in [0, 0.1) is 0 Å². The van der Waals surface area contributed by atoms with Crippen molar-refractivity contribution in [3.8, 4) is 5.75 Å². The molecule has 0 N–H and O–H groups in total. The molecule has 11 heteroatoms. The van der Waals surface area contributed by atoms with Gasteiger partial charge in [-0.1, -0.05) is 23.9 Å². The lowest BCUT2D eigenvalue weighted by atomic mass is 10.2. The van der Waals surface area contributed by atoms with E-state index < -0.39 is 6.10 Å². The third-order valence-corrected chi connectivity index (χ3v) is 7.65. The van der Waals surface area contributed by atoms with Gasteiger partial charge in [0.15, 0.2) is 0 Å². The zero-order valence-electron chi connectivity index (χ0n) is 20.6. The molecule has 1 saturated heterocycles. The van der Waals surface area contributed by atoms with Gasteiger partial charge in [0.05, 0.1) is 13.2 Å². The summed E-state index contributed by atoms with van der Waals surface area (Å²) < 4.78 is 12.0. The lowest BCUT2D eigenvalue weighted by molar-refractivity contribution is -0.138. The Balaban J connectivity index is 1.78. The number of methoxy groups -OCH3 is 1. The van der Waals surface area contributed by atoms with E-state index in [4.69, 9.17) is 9.47 Å². The van der Waals surface area contributed by atoms with E-state index in [-0.39, 0.29) is 44.0 Å². The van der Waals surface area contributed by atoms with Crippen molar-refractivity contribution in [1.82, 2.24) is 19.7 Å². The topological polar surface area (TPSA) is 92.3 Å². The van der Waals surface area contributed by atoms with Gasteiger partial charge in [0.25, 0.3) is 5.91 Å². The molecule has 1 aromatic carbocycles. The van der Waals surface area contributed by atoms with Crippen molar-refractivity contribution in [2.75, 3.05) is 52.7 Å². The number of carbonyl (C=O) groups excluding carboxylic acids is 3. The van der Waals surface area contributed by atoms with Crippen molar-refractivity contribution in [2.24, 2.45) is 0 Å². The maximum absolute atomic E-state index is 13.2. The number of rotatable bonds is 10. The number of likely N-dealkylation sites (N-methyl/N-ethyl adjacent to an activating group) is 1. The molecule has 3 rings (SSSR count). The van der Waals surface area contributed by atoms with E-state index >= 15 is 0 Å². The summed E-state index contributed by atoms with van der Waals surface area (Å²) in [6.07, 6.45) is 1.39. The summed E-state index contributed by atoms with van der Waals surface area (Å²) in [5, 5.41) is 1.71. The van der Waals surface area contributed by atoms with Gasteiger partial charge in [-0.15, -0.1) is 11.3 Å². The molecule has 1 aliphatic rings. The Kier molecular flexibility index (Phi) is 9.93. The largest absolute Gasteiger partial charge is 0.497 e. The molecule has 2 heterocycles. The third kappa shape index (κ3) is 7.18. The van der Waals surface area contributed by atoms with Gasteiger partial charge in [-0.2, -0.15) is 0 Å². The molecule has 0 radical (unpaired) electrons. The van der Waals surface area contributed by atoms with E-state index in [0.717, 1.165) is 15.7 Å². The SMILES string of the molecule is CCN(CC)C(=O)CO[C@@H]1CN(Cc2ccc(OC)cc2)C(=O)CN(C(=O)c2csc(SC)n2)C1. The van der Waals surface area contributed by atoms with Crippen LogP contribution >= 0.6 is 23.1 Å². The molecule has 190 valence electrons. The van der Waals surface area contributed by atoms with Crippen molar-refractivity contribution in [3.63, 3.8) is 0 Å². The molecule has 0 spiro atoms. The fourth-order valence-electron chi connectivity index (χ4n) is 3.81. The van der Waals surface area contributed by atoms with Crippen molar-refractivity contribution >= 4 is 40.8 Å². The highest BCUT2D eigenvalue weighted by molar-refractivity contribution is 8.00. The number of carbonyl (C=O) groups is 3. The van der Waals surface area contributed by atoms with E-state index in [1.165, 1.54) is 28.0 Å².